The van der Waals surface area contributed by atoms with Crippen LogP contribution in [-0.4, -0.2) is 9.55 Å². The van der Waals surface area contributed by atoms with Crippen molar-refractivity contribution in [2.75, 3.05) is 9.80 Å². The molecule has 10 rings (SSSR count). The van der Waals surface area contributed by atoms with Gasteiger partial charge < -0.3 is 19.1 Å². The van der Waals surface area contributed by atoms with E-state index in [0.29, 0.717) is 11.5 Å². The minimum absolute atomic E-state index is 0. The zero-order chi connectivity index (χ0) is 45.3. The van der Waals surface area contributed by atoms with E-state index < -0.39 is 0 Å². The van der Waals surface area contributed by atoms with E-state index in [1.54, 1.807) is 0 Å². The fourth-order valence-corrected chi connectivity index (χ4v) is 8.94. The van der Waals surface area contributed by atoms with Gasteiger partial charge in [-0.05, 0) is 91.4 Å². The summed E-state index contributed by atoms with van der Waals surface area (Å²) in [6.45, 7) is 22.7. The molecule has 1 aliphatic heterocycles. The topological polar surface area (TPSA) is 33.5 Å². The van der Waals surface area contributed by atoms with E-state index in [0.717, 1.165) is 61.5 Å². The Bertz CT molecular complexity index is 3190. The molecular formula is C60H55N4OPt-3. The molecule has 0 aliphatic carbocycles. The van der Waals surface area contributed by atoms with Gasteiger partial charge in [-0.3, -0.25) is 0 Å². The van der Waals surface area contributed by atoms with Crippen molar-refractivity contribution in [2.45, 2.75) is 78.6 Å². The molecule has 0 bridgehead atoms. The second-order valence-electron chi connectivity index (χ2n) is 20.3. The van der Waals surface area contributed by atoms with Crippen LogP contribution in [0.2, 0.25) is 0 Å². The van der Waals surface area contributed by atoms with E-state index in [2.05, 4.69) is 235 Å². The average molecular weight is 1040 g/mol. The molecule has 0 fully saturated rings. The summed E-state index contributed by atoms with van der Waals surface area (Å²) in [5, 5.41) is 2.22. The predicted octanol–water partition coefficient (Wildman–Crippen LogP) is 16.2. The number of aromatic nitrogens is 2. The Hall–Kier alpha value is -6.42. The summed E-state index contributed by atoms with van der Waals surface area (Å²) in [4.78, 5) is 9.69. The molecule has 0 saturated carbocycles. The van der Waals surface area contributed by atoms with Crippen LogP contribution in [0.3, 0.4) is 0 Å². The average Bonchev–Trinajstić information content (AvgIpc) is 3.84. The SMILES string of the molecule is CC(C)(C)c1cc(N2[CH-]N(c3[c-]c(Oc4[c-]c5c(cc4)c4ccccc4n5-c4cc(C(C)(C)C)c(-c5ccc(-c6ccccc6)cc5)cn4)ccc3)c3ccccc32)cc(C(C)(C)C)c1.[Pt]. The van der Waals surface area contributed by atoms with Crippen LogP contribution >= 0.6 is 0 Å². The number of nitrogens with zero attached hydrogens (tertiary/aromatic N) is 4. The molecule has 0 atom stereocenters. The van der Waals surface area contributed by atoms with Crippen molar-refractivity contribution in [3.05, 3.63) is 199 Å². The van der Waals surface area contributed by atoms with Crippen LogP contribution in [0.1, 0.15) is 79.0 Å². The zero-order valence-electron chi connectivity index (χ0n) is 39.2. The molecule has 0 radical (unpaired) electrons. The molecule has 0 amide bonds. The largest absolute Gasteiger partial charge is 0.509 e. The molecule has 3 heterocycles. The summed E-state index contributed by atoms with van der Waals surface area (Å²) in [6.07, 6.45) is 2.04. The maximum atomic E-state index is 6.68. The normalized spacial score (nSPS) is 13.0. The maximum absolute atomic E-state index is 6.68. The first-order valence-corrected chi connectivity index (χ1v) is 22.6. The molecular weight excluding hydrogens is 988 g/mol. The Labute approximate surface area is 405 Å². The molecule has 0 N–H and O–H groups in total. The van der Waals surface area contributed by atoms with Gasteiger partial charge in [-0.15, -0.1) is 48.1 Å². The molecule has 9 aromatic rings. The molecule has 0 unspecified atom stereocenters. The Morgan fingerprint density at radius 2 is 1.12 bits per heavy atom. The molecule has 0 saturated heterocycles. The second-order valence-corrected chi connectivity index (χ2v) is 20.3. The third-order valence-corrected chi connectivity index (χ3v) is 12.6. The van der Waals surface area contributed by atoms with Gasteiger partial charge in [0.15, 0.2) is 0 Å². The van der Waals surface area contributed by atoms with Gasteiger partial charge in [0.1, 0.15) is 5.82 Å². The summed E-state index contributed by atoms with van der Waals surface area (Å²) < 4.78 is 8.90. The molecule has 0 spiro atoms. The first kappa shape index (κ1) is 44.8. The van der Waals surface area contributed by atoms with Crippen molar-refractivity contribution in [2.24, 2.45) is 0 Å². The number of benzene rings is 7. The number of hydrogen-bond donors (Lipinski definition) is 0. The number of anilines is 4. The summed E-state index contributed by atoms with van der Waals surface area (Å²) in [6, 6.07) is 63.2. The van der Waals surface area contributed by atoms with E-state index in [9.17, 15) is 0 Å². The van der Waals surface area contributed by atoms with Crippen LogP contribution < -0.4 is 14.5 Å². The van der Waals surface area contributed by atoms with Crippen LogP contribution in [0, 0.1) is 18.8 Å². The predicted molar refractivity (Wildman–Crippen MR) is 271 cm³/mol. The minimum Gasteiger partial charge on any atom is -0.509 e. The molecule has 6 heteroatoms. The first-order valence-electron chi connectivity index (χ1n) is 22.6. The molecule has 1 aliphatic rings. The Morgan fingerprint density at radius 1 is 0.515 bits per heavy atom. The third-order valence-electron chi connectivity index (χ3n) is 12.6. The summed E-state index contributed by atoms with van der Waals surface area (Å²) in [5.41, 5.74) is 14.5. The van der Waals surface area contributed by atoms with Gasteiger partial charge in [0, 0.05) is 66.9 Å². The summed E-state index contributed by atoms with van der Waals surface area (Å²) in [5.74, 6) is 2.04. The Balaban J connectivity index is 0.00000548. The van der Waals surface area contributed by atoms with Crippen molar-refractivity contribution in [1.29, 1.82) is 0 Å². The zero-order valence-corrected chi connectivity index (χ0v) is 41.5. The first-order chi connectivity index (χ1) is 31.1. The molecule has 7 aromatic carbocycles. The molecule has 334 valence electrons. The fraction of sp³-hybridized carbons (Fsp3) is 0.200. The fourth-order valence-electron chi connectivity index (χ4n) is 8.94. The van der Waals surface area contributed by atoms with Gasteiger partial charge in [-0.25, -0.2) is 4.98 Å². The number of ether oxygens (including phenoxy) is 1. The van der Waals surface area contributed by atoms with Crippen molar-refractivity contribution in [3.63, 3.8) is 0 Å². The van der Waals surface area contributed by atoms with Crippen LogP contribution in [0.5, 0.6) is 11.5 Å². The van der Waals surface area contributed by atoms with Gasteiger partial charge >= 0.3 is 0 Å². The van der Waals surface area contributed by atoms with E-state index in [-0.39, 0.29) is 37.3 Å². The number of fused-ring (bicyclic) bond motifs is 4. The third kappa shape index (κ3) is 8.46. The smallest absolute Gasteiger partial charge is 0.135 e. The van der Waals surface area contributed by atoms with Gasteiger partial charge in [0.05, 0.1) is 0 Å². The molecule has 2 aromatic heterocycles. The Morgan fingerprint density at radius 3 is 1.80 bits per heavy atom. The van der Waals surface area contributed by atoms with Crippen LogP contribution in [-0.2, 0) is 37.3 Å². The number of hydrogen-bond acceptors (Lipinski definition) is 4. The van der Waals surface area contributed by atoms with Gasteiger partial charge in [0.25, 0.3) is 0 Å². The second kappa shape index (κ2) is 17.1. The van der Waals surface area contributed by atoms with E-state index in [1.807, 2.05) is 24.4 Å². The van der Waals surface area contributed by atoms with Crippen molar-refractivity contribution in [1.82, 2.24) is 9.55 Å². The maximum Gasteiger partial charge on any atom is 0.135 e. The molecule has 5 nitrogen and oxygen atoms in total. The summed E-state index contributed by atoms with van der Waals surface area (Å²) in [7, 11) is 0. The van der Waals surface area contributed by atoms with Gasteiger partial charge in [-0.2, -0.15) is 12.1 Å². The number of rotatable bonds is 7. The van der Waals surface area contributed by atoms with Gasteiger partial charge in [0.2, 0.25) is 0 Å². The minimum atomic E-state index is -0.154. The number of para-hydroxylation sites is 3. The monoisotopic (exact) mass is 1040 g/mol. The van der Waals surface area contributed by atoms with Gasteiger partial charge in [-0.1, -0.05) is 159 Å². The number of pyridine rings is 1. The van der Waals surface area contributed by atoms with Crippen molar-refractivity contribution >= 4 is 44.6 Å². The van der Waals surface area contributed by atoms with E-state index in [1.165, 1.54) is 27.8 Å². The van der Waals surface area contributed by atoms with Crippen molar-refractivity contribution < 1.29 is 25.8 Å². The molecule has 66 heavy (non-hydrogen) atoms. The quantitative estimate of drug-likeness (QED) is 0.149. The summed E-state index contributed by atoms with van der Waals surface area (Å²) >= 11 is 0. The standard InChI is InChI=1S/C60H55N4O.Pt/c1-58(2,3)43-32-44(59(4,5)6)34-46(33-43)63-39-62(54-24-15-16-25-55(54)63)45-20-17-21-47(35-45)65-48-30-31-50-49-22-13-14-23-53(49)64(56(50)36-48)57-37-52(60(7,8)9)51(38-61-57)42-28-26-41(27-29-42)40-18-11-10-12-19-40;/h10-34,37-39H,1-9H3;/q-3;. The Kier molecular flexibility index (Phi) is 11.6. The van der Waals surface area contributed by atoms with E-state index >= 15 is 0 Å². The van der Waals surface area contributed by atoms with Crippen molar-refractivity contribution in [3.8, 4) is 39.6 Å². The van der Waals surface area contributed by atoms with Crippen LogP contribution in [0.15, 0.2) is 164 Å². The van der Waals surface area contributed by atoms with Crippen LogP contribution in [0.25, 0.3) is 49.9 Å². The van der Waals surface area contributed by atoms with E-state index in [4.69, 9.17) is 9.72 Å². The van der Waals surface area contributed by atoms with Crippen LogP contribution in [0.4, 0.5) is 22.7 Å².